The van der Waals surface area contributed by atoms with Crippen LogP contribution < -0.4 is 5.43 Å². The van der Waals surface area contributed by atoms with E-state index in [4.69, 9.17) is 0 Å². The van der Waals surface area contributed by atoms with E-state index in [-0.39, 0.29) is 0 Å². The molecule has 72 valence electrons. The first-order chi connectivity index (χ1) is 6.75. The average molecular weight is 252 g/mol. The van der Waals surface area contributed by atoms with Crippen LogP contribution in [0.4, 0.5) is 0 Å². The molecule has 1 heterocycles. The van der Waals surface area contributed by atoms with E-state index in [1.54, 1.807) is 0 Å². The molecule has 0 unspecified atom stereocenters. The topological polar surface area (TPSA) is 36.8 Å². The SMILES string of the molecule is CC1=NCC(c2ccc(Br)cc2)=NN1. The molecule has 14 heavy (non-hydrogen) atoms. The zero-order chi connectivity index (χ0) is 9.97. The van der Waals surface area contributed by atoms with Gasteiger partial charge in [-0.15, -0.1) is 0 Å². The van der Waals surface area contributed by atoms with Crippen molar-refractivity contribution in [3.05, 3.63) is 34.3 Å². The first kappa shape index (κ1) is 9.40. The number of nitrogens with zero attached hydrogens (tertiary/aromatic N) is 2. The Morgan fingerprint density at radius 2 is 2.00 bits per heavy atom. The van der Waals surface area contributed by atoms with Crippen LogP contribution in [0.1, 0.15) is 12.5 Å². The van der Waals surface area contributed by atoms with E-state index in [2.05, 4.69) is 31.4 Å². The van der Waals surface area contributed by atoms with Gasteiger partial charge in [0.15, 0.2) is 0 Å². The fourth-order valence-electron chi connectivity index (χ4n) is 1.21. The van der Waals surface area contributed by atoms with Crippen molar-refractivity contribution in [3.63, 3.8) is 0 Å². The number of hydrogen-bond acceptors (Lipinski definition) is 3. The monoisotopic (exact) mass is 251 g/mol. The van der Waals surface area contributed by atoms with E-state index in [0.717, 1.165) is 21.6 Å². The predicted octanol–water partition coefficient (Wildman–Crippen LogP) is 2.17. The van der Waals surface area contributed by atoms with Gasteiger partial charge in [0, 0.05) is 4.47 Å². The number of amidine groups is 1. The zero-order valence-electron chi connectivity index (χ0n) is 7.79. The Morgan fingerprint density at radius 3 is 2.57 bits per heavy atom. The molecule has 1 aromatic rings. The van der Waals surface area contributed by atoms with Gasteiger partial charge in [-0.1, -0.05) is 28.1 Å². The predicted molar refractivity (Wildman–Crippen MR) is 61.8 cm³/mol. The van der Waals surface area contributed by atoms with Gasteiger partial charge >= 0.3 is 0 Å². The quantitative estimate of drug-likeness (QED) is 0.817. The zero-order valence-corrected chi connectivity index (χ0v) is 9.37. The van der Waals surface area contributed by atoms with Crippen molar-refractivity contribution in [2.24, 2.45) is 10.1 Å². The number of rotatable bonds is 1. The summed E-state index contributed by atoms with van der Waals surface area (Å²) in [6.45, 7) is 2.56. The number of halogens is 1. The Balaban J connectivity index is 2.21. The van der Waals surface area contributed by atoms with Crippen LogP contribution in [0.2, 0.25) is 0 Å². The molecule has 0 fully saturated rings. The minimum Gasteiger partial charge on any atom is -0.265 e. The maximum Gasteiger partial charge on any atom is 0.114 e. The number of aliphatic imine (C=N–C) groups is 1. The maximum absolute atomic E-state index is 4.27. The van der Waals surface area contributed by atoms with E-state index in [0.29, 0.717) is 6.54 Å². The molecular weight excluding hydrogens is 242 g/mol. The molecule has 0 atom stereocenters. The Labute approximate surface area is 91.1 Å². The lowest BCUT2D eigenvalue weighted by Gasteiger charge is -2.11. The van der Waals surface area contributed by atoms with Gasteiger partial charge in [0.05, 0.1) is 12.3 Å². The van der Waals surface area contributed by atoms with Crippen molar-refractivity contribution in [1.82, 2.24) is 5.43 Å². The van der Waals surface area contributed by atoms with E-state index >= 15 is 0 Å². The molecule has 2 rings (SSSR count). The lowest BCUT2D eigenvalue weighted by atomic mass is 10.1. The van der Waals surface area contributed by atoms with E-state index in [1.165, 1.54) is 0 Å². The van der Waals surface area contributed by atoms with Gasteiger partial charge < -0.3 is 0 Å². The fraction of sp³-hybridized carbons (Fsp3) is 0.200. The van der Waals surface area contributed by atoms with Crippen molar-refractivity contribution in [3.8, 4) is 0 Å². The summed E-state index contributed by atoms with van der Waals surface area (Å²) in [6.07, 6.45) is 0. The second-order valence-electron chi connectivity index (χ2n) is 3.08. The molecule has 0 aliphatic carbocycles. The molecule has 3 nitrogen and oxygen atoms in total. The molecule has 1 aromatic carbocycles. The van der Waals surface area contributed by atoms with Gasteiger partial charge in [-0.2, -0.15) is 5.10 Å². The highest BCUT2D eigenvalue weighted by Gasteiger charge is 2.06. The Bertz CT molecular complexity index is 392. The first-order valence-electron chi connectivity index (χ1n) is 4.35. The molecule has 0 amide bonds. The van der Waals surface area contributed by atoms with Gasteiger partial charge in [-0.25, -0.2) is 0 Å². The summed E-state index contributed by atoms with van der Waals surface area (Å²) in [4.78, 5) is 4.27. The minimum absolute atomic E-state index is 0.653. The molecule has 4 heteroatoms. The third kappa shape index (κ3) is 2.01. The smallest absolute Gasteiger partial charge is 0.114 e. The molecule has 1 N–H and O–H groups in total. The number of nitrogens with one attached hydrogen (secondary N) is 1. The summed E-state index contributed by atoms with van der Waals surface area (Å²) in [6, 6.07) is 8.06. The van der Waals surface area contributed by atoms with Crippen molar-refractivity contribution in [2.75, 3.05) is 6.54 Å². The number of hydrazone groups is 1. The van der Waals surface area contributed by atoms with E-state index < -0.39 is 0 Å². The maximum atomic E-state index is 4.27. The normalized spacial score (nSPS) is 15.6. The molecule has 0 radical (unpaired) electrons. The minimum atomic E-state index is 0.653. The van der Waals surface area contributed by atoms with Crippen LogP contribution in [0.15, 0.2) is 38.8 Å². The van der Waals surface area contributed by atoms with Gasteiger partial charge in [-0.3, -0.25) is 10.4 Å². The summed E-state index contributed by atoms with van der Waals surface area (Å²) in [5.41, 5.74) is 4.95. The largest absolute Gasteiger partial charge is 0.265 e. The summed E-state index contributed by atoms with van der Waals surface area (Å²) >= 11 is 3.40. The molecular formula is C10H10BrN3. The molecule has 1 aliphatic rings. The van der Waals surface area contributed by atoms with Crippen LogP contribution in [0, 0.1) is 0 Å². The van der Waals surface area contributed by atoms with Crippen LogP contribution in [0.3, 0.4) is 0 Å². The second-order valence-corrected chi connectivity index (χ2v) is 3.99. The molecule has 0 aromatic heterocycles. The fourth-order valence-corrected chi connectivity index (χ4v) is 1.48. The lowest BCUT2D eigenvalue weighted by molar-refractivity contribution is 0.960. The number of benzene rings is 1. The van der Waals surface area contributed by atoms with Gasteiger partial charge in [0.1, 0.15) is 5.84 Å². The Morgan fingerprint density at radius 1 is 1.29 bits per heavy atom. The van der Waals surface area contributed by atoms with Crippen LogP contribution in [-0.2, 0) is 0 Å². The third-order valence-electron chi connectivity index (χ3n) is 2.00. The lowest BCUT2D eigenvalue weighted by Crippen LogP contribution is -2.24. The summed E-state index contributed by atoms with van der Waals surface area (Å²) in [7, 11) is 0. The highest BCUT2D eigenvalue weighted by atomic mass is 79.9. The van der Waals surface area contributed by atoms with Crippen LogP contribution >= 0.6 is 15.9 Å². The summed E-state index contributed by atoms with van der Waals surface area (Å²) < 4.78 is 1.07. The van der Waals surface area contributed by atoms with Gasteiger partial charge in [-0.05, 0) is 24.6 Å². The Hall–Kier alpha value is -1.16. The Kier molecular flexibility index (Phi) is 2.63. The van der Waals surface area contributed by atoms with Crippen molar-refractivity contribution in [2.45, 2.75) is 6.92 Å². The van der Waals surface area contributed by atoms with Crippen molar-refractivity contribution in [1.29, 1.82) is 0 Å². The molecule has 1 aliphatic heterocycles. The van der Waals surface area contributed by atoms with Gasteiger partial charge in [0.25, 0.3) is 0 Å². The molecule has 0 spiro atoms. The van der Waals surface area contributed by atoms with E-state index in [9.17, 15) is 0 Å². The summed E-state index contributed by atoms with van der Waals surface area (Å²) in [5.74, 6) is 0.867. The summed E-state index contributed by atoms with van der Waals surface area (Å²) in [5, 5.41) is 4.23. The second kappa shape index (κ2) is 3.92. The van der Waals surface area contributed by atoms with Crippen LogP contribution in [0.5, 0.6) is 0 Å². The highest BCUT2D eigenvalue weighted by molar-refractivity contribution is 9.10. The van der Waals surface area contributed by atoms with Crippen molar-refractivity contribution < 1.29 is 0 Å². The average Bonchev–Trinajstić information content (AvgIpc) is 2.21. The van der Waals surface area contributed by atoms with Gasteiger partial charge in [0.2, 0.25) is 0 Å². The van der Waals surface area contributed by atoms with Crippen LogP contribution in [0.25, 0.3) is 0 Å². The van der Waals surface area contributed by atoms with Crippen LogP contribution in [-0.4, -0.2) is 18.1 Å². The highest BCUT2D eigenvalue weighted by Crippen LogP contribution is 2.12. The molecule has 0 saturated heterocycles. The molecule has 0 bridgehead atoms. The standard InChI is InChI=1S/C10H10BrN3/c1-7-12-6-10(14-13-7)8-2-4-9(11)5-3-8/h2-5H,6H2,1H3,(H,12,13). The third-order valence-corrected chi connectivity index (χ3v) is 2.52. The molecule has 0 saturated carbocycles. The van der Waals surface area contributed by atoms with E-state index in [1.807, 2.05) is 31.2 Å². The first-order valence-corrected chi connectivity index (χ1v) is 5.14. The number of hydrogen-bond donors (Lipinski definition) is 1. The van der Waals surface area contributed by atoms with Crippen molar-refractivity contribution >= 4 is 27.5 Å².